The zero-order valence-corrected chi connectivity index (χ0v) is 26.7. The highest BCUT2D eigenvalue weighted by Gasteiger charge is 2.46. The molecule has 1 aliphatic heterocycles. The number of hydrogen-bond donors (Lipinski definition) is 1. The number of rotatable bonds is 9. The van der Waals surface area contributed by atoms with Crippen LogP contribution in [0.3, 0.4) is 0 Å². The molecule has 2 amide bonds. The van der Waals surface area contributed by atoms with Crippen molar-refractivity contribution in [2.75, 3.05) is 19.8 Å². The van der Waals surface area contributed by atoms with Crippen LogP contribution in [-0.4, -0.2) is 78.5 Å². The Hall–Kier alpha value is -2.51. The molecule has 224 valence electrons. The van der Waals surface area contributed by atoms with Crippen molar-refractivity contribution >= 4 is 63.0 Å². The average Bonchev–Trinajstić information content (AvgIpc) is 3.25. The maximum atomic E-state index is 14.1. The monoisotopic (exact) mass is 645 g/mol. The van der Waals surface area contributed by atoms with E-state index in [0.717, 1.165) is 6.07 Å². The van der Waals surface area contributed by atoms with Gasteiger partial charge in [-0.2, -0.15) is 0 Å². The lowest BCUT2D eigenvalue weighted by molar-refractivity contribution is -0.155. The lowest BCUT2D eigenvalue weighted by atomic mass is 10.1. The number of nitrogens with zero attached hydrogens (tertiary/aromatic N) is 2. The second-order valence-corrected chi connectivity index (χ2v) is 14.3. The molecule has 1 heterocycles. The number of nitrogens with one attached hydrogen (secondary N) is 1. The Morgan fingerprint density at radius 3 is 2.22 bits per heavy atom. The Kier molecular flexibility index (Phi) is 10.6. The number of benzene rings is 2. The molecule has 0 unspecified atom stereocenters. The van der Waals surface area contributed by atoms with Crippen LogP contribution in [0, 0.1) is 0 Å². The van der Waals surface area contributed by atoms with E-state index in [1.807, 2.05) is 13.8 Å². The molecular formula is C27H33Cl2N3O7S2. The normalized spacial score (nSPS) is 17.1. The first-order valence-corrected chi connectivity index (χ1v) is 15.9. The smallest absolute Gasteiger partial charge is 0.414 e. The summed E-state index contributed by atoms with van der Waals surface area (Å²) >= 11 is 13.4. The van der Waals surface area contributed by atoms with Crippen LogP contribution in [0.1, 0.15) is 33.3 Å². The number of hydrogen-bond acceptors (Lipinski definition) is 9. The molecule has 10 nitrogen and oxygen atoms in total. The molecule has 2 aromatic rings. The minimum absolute atomic E-state index is 0.0289. The maximum Gasteiger partial charge on any atom is 0.414 e. The maximum absolute atomic E-state index is 14.1. The summed E-state index contributed by atoms with van der Waals surface area (Å²) in [6.45, 7) is 7.03. The van der Waals surface area contributed by atoms with E-state index in [4.69, 9.17) is 32.7 Å². The molecular weight excluding hydrogens is 613 g/mol. The number of esters is 1. The summed E-state index contributed by atoms with van der Waals surface area (Å²) in [4.78, 5) is 40.4. The van der Waals surface area contributed by atoms with E-state index in [9.17, 15) is 22.8 Å². The third-order valence-corrected chi connectivity index (χ3v) is 9.93. The highest BCUT2D eigenvalue weighted by molar-refractivity contribution is 8.01. The van der Waals surface area contributed by atoms with Crippen LogP contribution in [0.25, 0.3) is 0 Å². The van der Waals surface area contributed by atoms with Crippen molar-refractivity contribution in [3.8, 4) is 5.75 Å². The van der Waals surface area contributed by atoms with Gasteiger partial charge in [0, 0.05) is 31.8 Å². The van der Waals surface area contributed by atoms with Gasteiger partial charge in [0.15, 0.2) is 0 Å². The van der Waals surface area contributed by atoms with E-state index >= 15 is 0 Å². The first kappa shape index (κ1) is 33.0. The van der Waals surface area contributed by atoms with Crippen molar-refractivity contribution in [3.63, 3.8) is 0 Å². The Labute approximate surface area is 254 Å². The van der Waals surface area contributed by atoms with Crippen LogP contribution in [-0.2, 0) is 30.8 Å². The first-order chi connectivity index (χ1) is 19.0. The zero-order valence-electron chi connectivity index (χ0n) is 23.5. The predicted octanol–water partition coefficient (Wildman–Crippen LogP) is 4.58. The lowest BCUT2D eigenvalue weighted by Gasteiger charge is -2.32. The van der Waals surface area contributed by atoms with Gasteiger partial charge in [-0.05, 0) is 63.6 Å². The topological polar surface area (TPSA) is 122 Å². The molecule has 0 aliphatic carbocycles. The molecule has 0 spiro atoms. The van der Waals surface area contributed by atoms with Gasteiger partial charge in [0.05, 0.1) is 21.0 Å². The Morgan fingerprint density at radius 2 is 1.71 bits per heavy atom. The van der Waals surface area contributed by atoms with Crippen molar-refractivity contribution in [2.45, 2.75) is 62.1 Å². The van der Waals surface area contributed by atoms with Gasteiger partial charge < -0.3 is 14.4 Å². The van der Waals surface area contributed by atoms with Gasteiger partial charge in [-0.1, -0.05) is 35.3 Å². The number of carbonyl (C=O) groups excluding carboxylic acids is 3. The van der Waals surface area contributed by atoms with Crippen LogP contribution < -0.4 is 10.1 Å². The standard InChI is InChI=1S/C27H33Cl2N3O7S2/c1-16(2)38-25(34)22(13-17-7-9-18(10-8-17)39-26(35)31(5)6)32(24(33)23-30-27(3,4)15-40-23)41(36,37)19-11-12-20(28)21(29)14-19/h7-12,14,16,22-23,30H,13,15H2,1-6H3/t22-,23-/m0/s1. The molecule has 1 N–H and O–H groups in total. The van der Waals surface area contributed by atoms with E-state index in [0.29, 0.717) is 15.6 Å². The van der Waals surface area contributed by atoms with Crippen molar-refractivity contribution in [1.29, 1.82) is 0 Å². The summed E-state index contributed by atoms with van der Waals surface area (Å²) in [6, 6.07) is 8.28. The molecule has 0 radical (unpaired) electrons. The fraction of sp³-hybridized carbons (Fsp3) is 0.444. The zero-order chi connectivity index (χ0) is 30.7. The summed E-state index contributed by atoms with van der Waals surface area (Å²) in [5.41, 5.74) is 0.0486. The quantitative estimate of drug-likeness (QED) is 0.391. The largest absolute Gasteiger partial charge is 0.461 e. The van der Waals surface area contributed by atoms with E-state index in [1.54, 1.807) is 40.1 Å². The highest BCUT2D eigenvalue weighted by atomic mass is 35.5. The average molecular weight is 647 g/mol. The molecule has 2 aromatic carbocycles. The first-order valence-electron chi connectivity index (χ1n) is 12.6. The molecule has 14 heteroatoms. The van der Waals surface area contributed by atoms with Crippen LogP contribution in [0.5, 0.6) is 5.75 Å². The summed E-state index contributed by atoms with van der Waals surface area (Å²) in [6.07, 6.45) is -1.37. The number of thioether (sulfide) groups is 1. The minimum Gasteiger partial charge on any atom is -0.461 e. The molecule has 0 aromatic heterocycles. The second-order valence-electron chi connectivity index (χ2n) is 10.5. The van der Waals surface area contributed by atoms with Crippen LogP contribution in [0.15, 0.2) is 47.4 Å². The summed E-state index contributed by atoms with van der Waals surface area (Å²) in [7, 11) is -1.55. The van der Waals surface area contributed by atoms with E-state index in [1.165, 1.54) is 40.9 Å². The number of amides is 2. The molecule has 41 heavy (non-hydrogen) atoms. The van der Waals surface area contributed by atoms with E-state index < -0.39 is 51.1 Å². The SMILES string of the molecule is CC(C)OC(=O)[C@H](Cc1ccc(OC(=O)N(C)C)cc1)N(C(=O)[C@H]1NC(C)(C)CS1)S(=O)(=O)c1ccc(Cl)c(Cl)c1. The van der Waals surface area contributed by atoms with Gasteiger partial charge in [-0.15, -0.1) is 11.8 Å². The van der Waals surface area contributed by atoms with Gasteiger partial charge in [0.1, 0.15) is 17.2 Å². The Bertz CT molecular complexity index is 1400. The van der Waals surface area contributed by atoms with E-state index in [2.05, 4.69) is 5.32 Å². The van der Waals surface area contributed by atoms with Crippen molar-refractivity contribution < 1.29 is 32.3 Å². The molecule has 0 saturated carbocycles. The van der Waals surface area contributed by atoms with Gasteiger partial charge >= 0.3 is 12.1 Å². The summed E-state index contributed by atoms with van der Waals surface area (Å²) in [5.74, 6) is -0.937. The van der Waals surface area contributed by atoms with Crippen molar-refractivity contribution in [3.05, 3.63) is 58.1 Å². The molecule has 1 saturated heterocycles. The molecule has 3 rings (SSSR count). The predicted molar refractivity (Wildman–Crippen MR) is 159 cm³/mol. The highest BCUT2D eigenvalue weighted by Crippen LogP contribution is 2.33. The second kappa shape index (κ2) is 13.2. The van der Waals surface area contributed by atoms with Crippen molar-refractivity contribution in [2.24, 2.45) is 0 Å². The number of halogens is 2. The third-order valence-electron chi connectivity index (χ3n) is 5.85. The third kappa shape index (κ3) is 8.29. The molecule has 2 atom stereocenters. The number of sulfonamides is 1. The van der Waals surface area contributed by atoms with Gasteiger partial charge in [0.25, 0.3) is 15.9 Å². The van der Waals surface area contributed by atoms with Gasteiger partial charge in [-0.25, -0.2) is 22.3 Å². The summed E-state index contributed by atoms with van der Waals surface area (Å²) in [5, 5.41) is 2.30. The molecule has 1 aliphatic rings. The van der Waals surface area contributed by atoms with Gasteiger partial charge in [0.2, 0.25) is 0 Å². The fourth-order valence-electron chi connectivity index (χ4n) is 3.85. The molecule has 1 fully saturated rings. The van der Waals surface area contributed by atoms with Crippen LogP contribution in [0.2, 0.25) is 10.0 Å². The van der Waals surface area contributed by atoms with Gasteiger partial charge in [-0.3, -0.25) is 10.1 Å². The minimum atomic E-state index is -4.64. The van der Waals surface area contributed by atoms with Crippen LogP contribution >= 0.6 is 35.0 Å². The Morgan fingerprint density at radius 1 is 1.07 bits per heavy atom. The van der Waals surface area contributed by atoms with Crippen molar-refractivity contribution in [1.82, 2.24) is 14.5 Å². The van der Waals surface area contributed by atoms with Crippen LogP contribution in [0.4, 0.5) is 4.79 Å². The fourth-order valence-corrected chi connectivity index (χ4v) is 7.18. The number of carbonyl (C=O) groups is 3. The lowest BCUT2D eigenvalue weighted by Crippen LogP contribution is -2.56. The molecule has 0 bridgehead atoms. The van der Waals surface area contributed by atoms with E-state index in [-0.39, 0.29) is 27.1 Å². The Balaban J connectivity index is 2.09. The summed E-state index contributed by atoms with van der Waals surface area (Å²) < 4.78 is 39.5. The number of ether oxygens (including phenoxy) is 2.